The molecule has 0 radical (unpaired) electrons. The van der Waals surface area contributed by atoms with E-state index in [0.29, 0.717) is 24.7 Å². The molecule has 4 heteroatoms. The quantitative estimate of drug-likeness (QED) is 0.780. The first-order valence-corrected chi connectivity index (χ1v) is 7.01. The maximum Gasteiger partial charge on any atom is 0.257 e. The van der Waals surface area contributed by atoms with Crippen molar-refractivity contribution in [3.8, 4) is 11.5 Å². The zero-order valence-corrected chi connectivity index (χ0v) is 11.7. The van der Waals surface area contributed by atoms with Gasteiger partial charge in [0, 0.05) is 12.0 Å². The van der Waals surface area contributed by atoms with Gasteiger partial charge in [-0.2, -0.15) is 4.98 Å². The first-order chi connectivity index (χ1) is 10.3. The fourth-order valence-electron chi connectivity index (χ4n) is 2.20. The second-order valence-corrected chi connectivity index (χ2v) is 4.91. The summed E-state index contributed by atoms with van der Waals surface area (Å²) in [5.41, 5.74) is 8.86. The summed E-state index contributed by atoms with van der Waals surface area (Å²) in [5, 5.41) is 4.04. The number of hydrogen-bond donors (Lipinski definition) is 1. The van der Waals surface area contributed by atoms with Gasteiger partial charge in [0.15, 0.2) is 5.82 Å². The Balaban J connectivity index is 1.75. The Kier molecular flexibility index (Phi) is 4.07. The third kappa shape index (κ3) is 3.35. The van der Waals surface area contributed by atoms with E-state index in [2.05, 4.69) is 22.3 Å². The van der Waals surface area contributed by atoms with Crippen LogP contribution in [0.4, 0.5) is 0 Å². The molecule has 0 fully saturated rings. The van der Waals surface area contributed by atoms with Crippen molar-refractivity contribution in [1.82, 2.24) is 10.1 Å². The van der Waals surface area contributed by atoms with Crippen LogP contribution in [0.1, 0.15) is 17.0 Å². The lowest BCUT2D eigenvalue weighted by Crippen LogP contribution is -2.02. The summed E-state index contributed by atoms with van der Waals surface area (Å²) in [6.45, 7) is 0.654. The minimum absolute atomic E-state index is 0.556. The maximum atomic E-state index is 5.55. The molecule has 0 bridgehead atoms. The van der Waals surface area contributed by atoms with Gasteiger partial charge >= 0.3 is 0 Å². The van der Waals surface area contributed by atoms with E-state index >= 15 is 0 Å². The second kappa shape index (κ2) is 6.33. The average molecular weight is 279 g/mol. The third-order valence-electron chi connectivity index (χ3n) is 3.31. The molecule has 3 aromatic rings. The van der Waals surface area contributed by atoms with E-state index in [1.54, 1.807) is 0 Å². The molecule has 0 amide bonds. The van der Waals surface area contributed by atoms with Crippen LogP contribution in [0.15, 0.2) is 59.1 Å². The number of nitrogens with two attached hydrogens (primary N) is 1. The molecular formula is C17H17N3O. The number of nitrogens with zero attached hydrogens (tertiary/aromatic N) is 2. The number of benzene rings is 2. The average Bonchev–Trinajstić information content (AvgIpc) is 2.98. The zero-order valence-electron chi connectivity index (χ0n) is 11.7. The summed E-state index contributed by atoms with van der Waals surface area (Å²) in [6, 6.07) is 18.2. The molecule has 2 N–H and O–H groups in total. The molecule has 106 valence electrons. The number of hydrogen-bond acceptors (Lipinski definition) is 4. The SMILES string of the molecule is NCCc1ccc(-c2nc(Cc3ccccc3)no2)cc1. The largest absolute Gasteiger partial charge is 0.334 e. The smallest absolute Gasteiger partial charge is 0.257 e. The molecule has 1 aromatic heterocycles. The molecule has 4 nitrogen and oxygen atoms in total. The first-order valence-electron chi connectivity index (χ1n) is 7.01. The normalized spacial score (nSPS) is 10.7. The summed E-state index contributed by atoms with van der Waals surface area (Å²) >= 11 is 0. The van der Waals surface area contributed by atoms with Gasteiger partial charge in [0.25, 0.3) is 5.89 Å². The summed E-state index contributed by atoms with van der Waals surface area (Å²) in [6.07, 6.45) is 1.55. The van der Waals surface area contributed by atoms with Crippen molar-refractivity contribution in [2.75, 3.05) is 6.54 Å². The predicted octanol–water partition coefficient (Wildman–Crippen LogP) is 2.83. The maximum absolute atomic E-state index is 5.55. The van der Waals surface area contributed by atoms with E-state index in [0.717, 1.165) is 12.0 Å². The van der Waals surface area contributed by atoms with E-state index in [4.69, 9.17) is 10.3 Å². The minimum Gasteiger partial charge on any atom is -0.334 e. The standard InChI is InChI=1S/C17H17N3O/c18-11-10-13-6-8-15(9-7-13)17-19-16(20-21-17)12-14-4-2-1-3-5-14/h1-9H,10-12,18H2. The van der Waals surface area contributed by atoms with Crippen LogP contribution >= 0.6 is 0 Å². The molecule has 2 aromatic carbocycles. The molecule has 0 unspecified atom stereocenters. The van der Waals surface area contributed by atoms with E-state index < -0.39 is 0 Å². The Hall–Kier alpha value is -2.46. The highest BCUT2D eigenvalue weighted by molar-refractivity contribution is 5.53. The van der Waals surface area contributed by atoms with Crippen LogP contribution in [0.2, 0.25) is 0 Å². The van der Waals surface area contributed by atoms with Gasteiger partial charge in [-0.1, -0.05) is 47.6 Å². The van der Waals surface area contributed by atoms with E-state index in [9.17, 15) is 0 Å². The van der Waals surface area contributed by atoms with Crippen molar-refractivity contribution in [3.63, 3.8) is 0 Å². The van der Waals surface area contributed by atoms with Crippen LogP contribution in [0, 0.1) is 0 Å². The molecule has 0 saturated heterocycles. The van der Waals surface area contributed by atoms with E-state index in [-0.39, 0.29) is 0 Å². The van der Waals surface area contributed by atoms with E-state index in [1.165, 1.54) is 11.1 Å². The van der Waals surface area contributed by atoms with Gasteiger partial charge in [0.1, 0.15) is 0 Å². The Bertz CT molecular complexity index is 690. The lowest BCUT2D eigenvalue weighted by atomic mass is 10.1. The Morgan fingerprint density at radius 3 is 2.38 bits per heavy atom. The van der Waals surface area contributed by atoms with E-state index in [1.807, 2.05) is 42.5 Å². The molecule has 3 rings (SSSR count). The fraction of sp³-hybridized carbons (Fsp3) is 0.176. The Labute approximate surface area is 123 Å². The monoisotopic (exact) mass is 279 g/mol. The van der Waals surface area contributed by atoms with Crippen LogP contribution in [0.5, 0.6) is 0 Å². The molecule has 0 aliphatic heterocycles. The Morgan fingerprint density at radius 2 is 1.67 bits per heavy atom. The molecule has 0 saturated carbocycles. The van der Waals surface area contributed by atoms with Crippen LogP contribution < -0.4 is 5.73 Å². The summed E-state index contributed by atoms with van der Waals surface area (Å²) in [4.78, 5) is 4.45. The molecule has 0 atom stereocenters. The highest BCUT2D eigenvalue weighted by Crippen LogP contribution is 2.18. The second-order valence-electron chi connectivity index (χ2n) is 4.91. The number of rotatable bonds is 5. The number of aromatic nitrogens is 2. The van der Waals surface area contributed by atoms with Crippen molar-refractivity contribution in [1.29, 1.82) is 0 Å². The van der Waals surface area contributed by atoms with Crippen LogP contribution in [-0.2, 0) is 12.8 Å². The third-order valence-corrected chi connectivity index (χ3v) is 3.31. The van der Waals surface area contributed by atoms with Gasteiger partial charge in [-0.3, -0.25) is 0 Å². The molecular weight excluding hydrogens is 262 g/mol. The van der Waals surface area contributed by atoms with Crippen molar-refractivity contribution in [2.24, 2.45) is 5.73 Å². The summed E-state index contributed by atoms with van der Waals surface area (Å²) in [5.74, 6) is 1.25. The molecule has 0 aliphatic rings. The van der Waals surface area contributed by atoms with Gasteiger partial charge in [0.2, 0.25) is 0 Å². The molecule has 0 aliphatic carbocycles. The van der Waals surface area contributed by atoms with Gasteiger partial charge in [-0.25, -0.2) is 0 Å². The molecule has 0 spiro atoms. The molecule has 1 heterocycles. The van der Waals surface area contributed by atoms with Crippen LogP contribution in [0.25, 0.3) is 11.5 Å². The van der Waals surface area contributed by atoms with Gasteiger partial charge in [0.05, 0.1) is 0 Å². The van der Waals surface area contributed by atoms with Gasteiger partial charge in [-0.05, 0) is 36.2 Å². The lowest BCUT2D eigenvalue weighted by Gasteiger charge is -1.99. The van der Waals surface area contributed by atoms with Crippen LogP contribution in [-0.4, -0.2) is 16.7 Å². The van der Waals surface area contributed by atoms with Crippen molar-refractivity contribution in [2.45, 2.75) is 12.8 Å². The fourth-order valence-corrected chi connectivity index (χ4v) is 2.20. The first kappa shape index (κ1) is 13.5. The topological polar surface area (TPSA) is 64.9 Å². The van der Waals surface area contributed by atoms with Crippen molar-refractivity contribution >= 4 is 0 Å². The van der Waals surface area contributed by atoms with Crippen LogP contribution in [0.3, 0.4) is 0 Å². The predicted molar refractivity (Wildman–Crippen MR) is 81.7 cm³/mol. The highest BCUT2D eigenvalue weighted by atomic mass is 16.5. The van der Waals surface area contributed by atoms with Crippen molar-refractivity contribution < 1.29 is 4.52 Å². The minimum atomic E-state index is 0.556. The summed E-state index contributed by atoms with van der Waals surface area (Å²) < 4.78 is 5.34. The summed E-state index contributed by atoms with van der Waals surface area (Å²) in [7, 11) is 0. The zero-order chi connectivity index (χ0) is 14.5. The highest BCUT2D eigenvalue weighted by Gasteiger charge is 2.09. The van der Waals surface area contributed by atoms with Crippen molar-refractivity contribution in [3.05, 3.63) is 71.5 Å². The lowest BCUT2D eigenvalue weighted by molar-refractivity contribution is 0.424. The Morgan fingerprint density at radius 1 is 0.905 bits per heavy atom. The van der Waals surface area contributed by atoms with Gasteiger partial charge < -0.3 is 10.3 Å². The molecule has 21 heavy (non-hydrogen) atoms. The van der Waals surface area contributed by atoms with Gasteiger partial charge in [-0.15, -0.1) is 0 Å².